The Morgan fingerprint density at radius 3 is 3.07 bits per heavy atom. The average Bonchev–Trinajstić information content (AvgIpc) is 2.67. The second-order valence-electron chi connectivity index (χ2n) is 3.28. The van der Waals surface area contributed by atoms with Gasteiger partial charge in [-0.25, -0.2) is 0 Å². The van der Waals surface area contributed by atoms with Gasteiger partial charge in [-0.05, 0) is 19.1 Å². The molecule has 0 aliphatic heterocycles. The van der Waals surface area contributed by atoms with E-state index in [-0.39, 0.29) is 11.9 Å². The Morgan fingerprint density at radius 1 is 1.71 bits per heavy atom. The molecule has 0 fully saturated rings. The van der Waals surface area contributed by atoms with Crippen molar-refractivity contribution < 1.29 is 9.21 Å². The van der Waals surface area contributed by atoms with E-state index in [0.717, 1.165) is 5.76 Å². The van der Waals surface area contributed by atoms with Gasteiger partial charge in [0.05, 0.1) is 6.26 Å². The standard InChI is InChI=1S/C10H16N2O2/c1-8(7-11)12-10(13)5-4-9-3-2-6-14-9/h2-3,6,8H,4-5,7,11H2,1H3,(H,12,13)/t8-/m1/s1. The lowest BCUT2D eigenvalue weighted by molar-refractivity contribution is -0.121. The van der Waals surface area contributed by atoms with E-state index in [1.165, 1.54) is 0 Å². The van der Waals surface area contributed by atoms with E-state index in [1.807, 2.05) is 19.1 Å². The topological polar surface area (TPSA) is 68.3 Å². The summed E-state index contributed by atoms with van der Waals surface area (Å²) >= 11 is 0. The molecule has 1 atom stereocenters. The van der Waals surface area contributed by atoms with Gasteiger partial charge in [-0.2, -0.15) is 0 Å². The molecule has 3 N–H and O–H groups in total. The Hall–Kier alpha value is -1.29. The van der Waals surface area contributed by atoms with Crippen molar-refractivity contribution in [1.82, 2.24) is 5.32 Å². The first-order valence-electron chi connectivity index (χ1n) is 4.74. The smallest absolute Gasteiger partial charge is 0.220 e. The zero-order valence-corrected chi connectivity index (χ0v) is 8.32. The monoisotopic (exact) mass is 196 g/mol. The largest absolute Gasteiger partial charge is 0.469 e. The summed E-state index contributed by atoms with van der Waals surface area (Å²) < 4.78 is 5.11. The first-order valence-corrected chi connectivity index (χ1v) is 4.74. The number of nitrogens with one attached hydrogen (secondary N) is 1. The number of nitrogens with two attached hydrogens (primary N) is 1. The molecule has 1 rings (SSSR count). The number of aryl methyl sites for hydroxylation is 1. The number of carbonyl (C=O) groups is 1. The molecule has 0 aromatic carbocycles. The zero-order valence-electron chi connectivity index (χ0n) is 8.32. The number of hydrogen-bond donors (Lipinski definition) is 2. The Balaban J connectivity index is 2.22. The van der Waals surface area contributed by atoms with Crippen LogP contribution in [0, 0.1) is 0 Å². The fourth-order valence-corrected chi connectivity index (χ4v) is 1.10. The minimum atomic E-state index is 0.0133. The molecule has 0 aliphatic rings. The molecule has 1 aromatic rings. The zero-order chi connectivity index (χ0) is 10.4. The number of hydrogen-bond acceptors (Lipinski definition) is 3. The van der Waals surface area contributed by atoms with Crippen LogP contribution in [0.5, 0.6) is 0 Å². The fourth-order valence-electron chi connectivity index (χ4n) is 1.10. The van der Waals surface area contributed by atoms with E-state index in [2.05, 4.69) is 5.32 Å². The Labute approximate surface area is 83.5 Å². The minimum Gasteiger partial charge on any atom is -0.469 e. The Kier molecular flexibility index (Phi) is 4.19. The van der Waals surface area contributed by atoms with Gasteiger partial charge < -0.3 is 15.5 Å². The lowest BCUT2D eigenvalue weighted by Gasteiger charge is -2.10. The SMILES string of the molecule is C[C@H](CN)NC(=O)CCc1ccco1. The first kappa shape index (κ1) is 10.8. The lowest BCUT2D eigenvalue weighted by Crippen LogP contribution is -2.37. The third-order valence-electron chi connectivity index (χ3n) is 1.94. The molecule has 0 unspecified atom stereocenters. The molecule has 0 spiro atoms. The van der Waals surface area contributed by atoms with Gasteiger partial charge in [0.25, 0.3) is 0 Å². The van der Waals surface area contributed by atoms with E-state index in [9.17, 15) is 4.79 Å². The number of rotatable bonds is 5. The fraction of sp³-hybridized carbons (Fsp3) is 0.500. The molecule has 1 heterocycles. The van der Waals surface area contributed by atoms with E-state index in [1.54, 1.807) is 6.26 Å². The van der Waals surface area contributed by atoms with Crippen LogP contribution in [-0.2, 0) is 11.2 Å². The predicted octanol–water partition coefficient (Wildman–Crippen LogP) is 0.676. The van der Waals surface area contributed by atoms with Crippen LogP contribution in [0.2, 0.25) is 0 Å². The molecule has 0 saturated heterocycles. The van der Waals surface area contributed by atoms with Crippen LogP contribution in [-0.4, -0.2) is 18.5 Å². The van der Waals surface area contributed by atoms with Crippen molar-refractivity contribution in [3.8, 4) is 0 Å². The molecule has 4 nitrogen and oxygen atoms in total. The minimum absolute atomic E-state index is 0.0133. The predicted molar refractivity (Wildman–Crippen MR) is 53.7 cm³/mol. The molecule has 4 heteroatoms. The molecule has 0 radical (unpaired) electrons. The normalized spacial score (nSPS) is 12.4. The van der Waals surface area contributed by atoms with Crippen molar-refractivity contribution >= 4 is 5.91 Å². The van der Waals surface area contributed by atoms with Gasteiger partial charge in [-0.1, -0.05) is 0 Å². The van der Waals surface area contributed by atoms with Crippen LogP contribution in [0.1, 0.15) is 19.1 Å². The van der Waals surface area contributed by atoms with Crippen LogP contribution >= 0.6 is 0 Å². The highest BCUT2D eigenvalue weighted by Gasteiger charge is 2.06. The van der Waals surface area contributed by atoms with Gasteiger partial charge in [-0.3, -0.25) is 4.79 Å². The molecule has 14 heavy (non-hydrogen) atoms. The van der Waals surface area contributed by atoms with Crippen molar-refractivity contribution in [3.05, 3.63) is 24.2 Å². The molecule has 0 bridgehead atoms. The van der Waals surface area contributed by atoms with Gasteiger partial charge >= 0.3 is 0 Å². The average molecular weight is 196 g/mol. The summed E-state index contributed by atoms with van der Waals surface area (Å²) in [5.41, 5.74) is 5.38. The Morgan fingerprint density at radius 2 is 2.50 bits per heavy atom. The van der Waals surface area contributed by atoms with Crippen molar-refractivity contribution in [2.24, 2.45) is 5.73 Å². The highest BCUT2D eigenvalue weighted by Crippen LogP contribution is 2.03. The summed E-state index contributed by atoms with van der Waals surface area (Å²) in [5.74, 6) is 0.847. The van der Waals surface area contributed by atoms with E-state index in [0.29, 0.717) is 19.4 Å². The Bertz CT molecular complexity index is 270. The van der Waals surface area contributed by atoms with Crippen LogP contribution in [0.15, 0.2) is 22.8 Å². The number of amides is 1. The highest BCUT2D eigenvalue weighted by atomic mass is 16.3. The lowest BCUT2D eigenvalue weighted by atomic mass is 10.2. The van der Waals surface area contributed by atoms with Crippen molar-refractivity contribution in [2.45, 2.75) is 25.8 Å². The molecule has 0 saturated carbocycles. The van der Waals surface area contributed by atoms with Crippen LogP contribution in [0.3, 0.4) is 0 Å². The van der Waals surface area contributed by atoms with Crippen molar-refractivity contribution in [3.63, 3.8) is 0 Å². The number of carbonyl (C=O) groups excluding carboxylic acids is 1. The van der Waals surface area contributed by atoms with Crippen LogP contribution in [0.25, 0.3) is 0 Å². The molecular formula is C10H16N2O2. The van der Waals surface area contributed by atoms with E-state index >= 15 is 0 Å². The van der Waals surface area contributed by atoms with Gasteiger partial charge in [0, 0.05) is 25.4 Å². The maximum atomic E-state index is 11.3. The summed E-state index contributed by atoms with van der Waals surface area (Å²) in [6.45, 7) is 2.34. The summed E-state index contributed by atoms with van der Waals surface area (Å²) in [6, 6.07) is 3.72. The van der Waals surface area contributed by atoms with Gasteiger partial charge in [0.15, 0.2) is 0 Å². The number of furan rings is 1. The highest BCUT2D eigenvalue weighted by molar-refractivity contribution is 5.76. The molecular weight excluding hydrogens is 180 g/mol. The van der Waals surface area contributed by atoms with E-state index in [4.69, 9.17) is 10.2 Å². The summed E-state index contributed by atoms with van der Waals surface area (Å²) in [5, 5.41) is 2.79. The van der Waals surface area contributed by atoms with Crippen LogP contribution in [0.4, 0.5) is 0 Å². The molecule has 78 valence electrons. The van der Waals surface area contributed by atoms with Crippen LogP contribution < -0.4 is 11.1 Å². The maximum Gasteiger partial charge on any atom is 0.220 e. The second-order valence-corrected chi connectivity index (χ2v) is 3.28. The third kappa shape index (κ3) is 3.62. The molecule has 1 aromatic heterocycles. The van der Waals surface area contributed by atoms with Crippen molar-refractivity contribution in [1.29, 1.82) is 0 Å². The van der Waals surface area contributed by atoms with Gasteiger partial charge in [-0.15, -0.1) is 0 Å². The third-order valence-corrected chi connectivity index (χ3v) is 1.94. The summed E-state index contributed by atoms with van der Waals surface area (Å²) in [6.07, 6.45) is 2.68. The quantitative estimate of drug-likeness (QED) is 0.727. The molecule has 1 amide bonds. The summed E-state index contributed by atoms with van der Waals surface area (Å²) in [7, 11) is 0. The maximum absolute atomic E-state index is 11.3. The van der Waals surface area contributed by atoms with Gasteiger partial charge in [0.2, 0.25) is 5.91 Å². The first-order chi connectivity index (χ1) is 6.72. The summed E-state index contributed by atoms with van der Waals surface area (Å²) in [4.78, 5) is 11.3. The molecule has 0 aliphatic carbocycles. The van der Waals surface area contributed by atoms with Crippen molar-refractivity contribution in [2.75, 3.05) is 6.54 Å². The second kappa shape index (κ2) is 5.44. The van der Waals surface area contributed by atoms with Gasteiger partial charge in [0.1, 0.15) is 5.76 Å². The van der Waals surface area contributed by atoms with E-state index < -0.39 is 0 Å².